The maximum Gasteiger partial charge on any atom is 0.151 e. The first-order chi connectivity index (χ1) is 5.93. The third-order valence-corrected chi connectivity index (χ3v) is 4.44. The molecule has 1 heterocycles. The average molecular weight is 211 g/mol. The van der Waals surface area contributed by atoms with Gasteiger partial charge >= 0.3 is 0 Å². The van der Waals surface area contributed by atoms with Gasteiger partial charge in [-0.05, 0) is 6.42 Å². The number of aliphatic hydroxyl groups is 1. The van der Waals surface area contributed by atoms with Crippen LogP contribution < -0.4 is 5.73 Å². The van der Waals surface area contributed by atoms with Gasteiger partial charge in [-0.15, -0.1) is 0 Å². The Morgan fingerprint density at radius 3 is 2.38 bits per heavy atom. The van der Waals surface area contributed by atoms with Crippen LogP contribution >= 0.6 is 0 Å². The number of halogens is 1. The zero-order valence-electron chi connectivity index (χ0n) is 7.24. The molecule has 1 atom stereocenters. The zero-order valence-corrected chi connectivity index (χ0v) is 8.06. The smallest absolute Gasteiger partial charge is 0.151 e. The van der Waals surface area contributed by atoms with E-state index >= 15 is 0 Å². The number of aliphatic hydroxyl groups excluding tert-OH is 1. The number of rotatable bonds is 4. The van der Waals surface area contributed by atoms with Crippen LogP contribution in [0.4, 0.5) is 4.39 Å². The Morgan fingerprint density at radius 1 is 1.54 bits per heavy atom. The molecule has 1 unspecified atom stereocenters. The molecule has 0 aromatic rings. The SMILES string of the molecule is NCC1(CC(O)CF)CS(=O)(=O)C1. The molecule has 0 aromatic heterocycles. The van der Waals surface area contributed by atoms with E-state index in [9.17, 15) is 12.8 Å². The van der Waals surface area contributed by atoms with Gasteiger partial charge in [-0.1, -0.05) is 0 Å². The molecule has 1 fully saturated rings. The number of hydrogen-bond donors (Lipinski definition) is 2. The second-order valence-corrected chi connectivity index (χ2v) is 5.81. The highest BCUT2D eigenvalue weighted by Crippen LogP contribution is 2.36. The summed E-state index contributed by atoms with van der Waals surface area (Å²) in [4.78, 5) is 0. The van der Waals surface area contributed by atoms with Crippen molar-refractivity contribution < 1.29 is 17.9 Å². The summed E-state index contributed by atoms with van der Waals surface area (Å²) in [6.07, 6.45) is -0.946. The Bertz CT molecular complexity index is 265. The van der Waals surface area contributed by atoms with Gasteiger partial charge in [-0.25, -0.2) is 12.8 Å². The van der Waals surface area contributed by atoms with E-state index in [1.54, 1.807) is 0 Å². The fourth-order valence-electron chi connectivity index (χ4n) is 1.76. The van der Waals surface area contributed by atoms with Crippen molar-refractivity contribution in [2.75, 3.05) is 24.7 Å². The van der Waals surface area contributed by atoms with Gasteiger partial charge in [0.15, 0.2) is 9.84 Å². The molecule has 6 heteroatoms. The van der Waals surface area contributed by atoms with Crippen LogP contribution in [0, 0.1) is 5.41 Å². The fourth-order valence-corrected chi connectivity index (χ4v) is 4.02. The topological polar surface area (TPSA) is 80.4 Å². The summed E-state index contributed by atoms with van der Waals surface area (Å²) >= 11 is 0. The van der Waals surface area contributed by atoms with Crippen LogP contribution in [-0.2, 0) is 9.84 Å². The summed E-state index contributed by atoms with van der Waals surface area (Å²) in [5.74, 6) is -0.0406. The van der Waals surface area contributed by atoms with Gasteiger partial charge in [-0.3, -0.25) is 0 Å². The minimum Gasteiger partial charge on any atom is -0.390 e. The van der Waals surface area contributed by atoms with Crippen LogP contribution in [0.25, 0.3) is 0 Å². The van der Waals surface area contributed by atoms with Crippen LogP contribution in [0.15, 0.2) is 0 Å². The summed E-state index contributed by atoms with van der Waals surface area (Å²) in [5, 5.41) is 9.03. The Labute approximate surface area is 76.8 Å². The van der Waals surface area contributed by atoms with Gasteiger partial charge in [0.05, 0.1) is 17.6 Å². The Hall–Kier alpha value is -0.200. The summed E-state index contributed by atoms with van der Waals surface area (Å²) < 4.78 is 33.8. The van der Waals surface area contributed by atoms with Crippen LogP contribution in [0.2, 0.25) is 0 Å². The highest BCUT2D eigenvalue weighted by molar-refractivity contribution is 7.92. The van der Waals surface area contributed by atoms with Crippen molar-refractivity contribution in [1.29, 1.82) is 0 Å². The predicted molar refractivity (Wildman–Crippen MR) is 46.7 cm³/mol. The predicted octanol–water partition coefficient (Wildman–Crippen LogP) is -0.920. The number of hydrogen-bond acceptors (Lipinski definition) is 4. The monoisotopic (exact) mass is 211 g/mol. The lowest BCUT2D eigenvalue weighted by atomic mass is 9.85. The Kier molecular flexibility index (Phi) is 2.94. The first-order valence-corrected chi connectivity index (χ1v) is 5.90. The van der Waals surface area contributed by atoms with Gasteiger partial charge in [0.25, 0.3) is 0 Å². The molecular weight excluding hydrogens is 197 g/mol. The zero-order chi connectivity index (χ0) is 10.1. The number of sulfone groups is 1. The van der Waals surface area contributed by atoms with E-state index in [1.165, 1.54) is 0 Å². The molecule has 1 aliphatic heterocycles. The van der Waals surface area contributed by atoms with Crippen molar-refractivity contribution in [2.24, 2.45) is 11.1 Å². The van der Waals surface area contributed by atoms with Crippen molar-refractivity contribution >= 4 is 9.84 Å². The molecule has 1 saturated heterocycles. The van der Waals surface area contributed by atoms with Crippen LogP contribution in [0.1, 0.15) is 6.42 Å². The Morgan fingerprint density at radius 2 is 2.08 bits per heavy atom. The van der Waals surface area contributed by atoms with Crippen molar-refractivity contribution in [3.8, 4) is 0 Å². The summed E-state index contributed by atoms with van der Waals surface area (Å²) in [5.41, 5.74) is 4.82. The maximum absolute atomic E-state index is 12.0. The lowest BCUT2D eigenvalue weighted by molar-refractivity contribution is 0.0886. The number of nitrogens with two attached hydrogens (primary N) is 1. The molecule has 0 saturated carbocycles. The molecule has 4 nitrogen and oxygen atoms in total. The molecule has 0 amide bonds. The molecule has 78 valence electrons. The summed E-state index contributed by atoms with van der Waals surface area (Å²) in [6.45, 7) is -0.662. The molecule has 1 rings (SSSR count). The van der Waals surface area contributed by atoms with Crippen molar-refractivity contribution in [1.82, 2.24) is 0 Å². The summed E-state index contributed by atoms with van der Waals surface area (Å²) in [6, 6.07) is 0. The van der Waals surface area contributed by atoms with Crippen molar-refractivity contribution in [2.45, 2.75) is 12.5 Å². The van der Waals surface area contributed by atoms with Gasteiger partial charge in [0.1, 0.15) is 6.67 Å². The van der Waals surface area contributed by atoms with Crippen LogP contribution in [0.3, 0.4) is 0 Å². The normalized spacial score (nSPS) is 26.4. The van der Waals surface area contributed by atoms with Crippen LogP contribution in [-0.4, -0.2) is 44.4 Å². The first-order valence-electron chi connectivity index (χ1n) is 4.08. The van der Waals surface area contributed by atoms with E-state index in [-0.39, 0.29) is 24.5 Å². The maximum atomic E-state index is 12.0. The molecule has 0 aromatic carbocycles. The third kappa shape index (κ3) is 2.38. The lowest BCUT2D eigenvalue weighted by Crippen LogP contribution is -2.54. The standard InChI is InChI=1S/C7H14FNO3S/c8-2-6(10)1-7(3-9)4-13(11,12)5-7/h6,10H,1-5,9H2. The average Bonchev–Trinajstić information content (AvgIpc) is 2.00. The lowest BCUT2D eigenvalue weighted by Gasteiger charge is -2.41. The molecule has 0 spiro atoms. The molecule has 0 radical (unpaired) electrons. The summed E-state index contributed by atoms with van der Waals surface area (Å²) in [7, 11) is -2.97. The van der Waals surface area contributed by atoms with Gasteiger partial charge in [-0.2, -0.15) is 0 Å². The largest absolute Gasteiger partial charge is 0.390 e. The Balaban J connectivity index is 2.55. The fraction of sp³-hybridized carbons (Fsp3) is 1.00. The molecule has 0 aliphatic carbocycles. The minimum atomic E-state index is -2.97. The second-order valence-electron chi connectivity index (χ2n) is 3.75. The first kappa shape index (κ1) is 10.9. The second kappa shape index (κ2) is 3.51. The van der Waals surface area contributed by atoms with E-state index in [0.29, 0.717) is 0 Å². The highest BCUT2D eigenvalue weighted by Gasteiger charge is 2.48. The van der Waals surface area contributed by atoms with E-state index in [1.807, 2.05) is 0 Å². The quantitative estimate of drug-likeness (QED) is 0.630. The van der Waals surface area contributed by atoms with Gasteiger partial charge < -0.3 is 10.8 Å². The third-order valence-electron chi connectivity index (χ3n) is 2.33. The van der Waals surface area contributed by atoms with Gasteiger partial charge in [0, 0.05) is 12.0 Å². The molecule has 0 bridgehead atoms. The van der Waals surface area contributed by atoms with Crippen molar-refractivity contribution in [3.05, 3.63) is 0 Å². The molecular formula is C7H14FNO3S. The van der Waals surface area contributed by atoms with E-state index in [2.05, 4.69) is 0 Å². The molecule has 13 heavy (non-hydrogen) atoms. The molecule has 3 N–H and O–H groups in total. The van der Waals surface area contributed by atoms with Gasteiger partial charge in [0.2, 0.25) is 0 Å². The molecule has 1 aliphatic rings. The highest BCUT2D eigenvalue weighted by atomic mass is 32.2. The minimum absolute atomic E-state index is 0.0203. The number of alkyl halides is 1. The van der Waals surface area contributed by atoms with Crippen molar-refractivity contribution in [3.63, 3.8) is 0 Å². The van der Waals surface area contributed by atoms with E-state index in [0.717, 1.165) is 0 Å². The van der Waals surface area contributed by atoms with Crippen LogP contribution in [0.5, 0.6) is 0 Å². The van der Waals surface area contributed by atoms with E-state index < -0.39 is 28.0 Å². The van der Waals surface area contributed by atoms with E-state index in [4.69, 9.17) is 10.8 Å².